The van der Waals surface area contributed by atoms with Crippen molar-refractivity contribution in [1.29, 1.82) is 0 Å². The van der Waals surface area contributed by atoms with E-state index in [1.165, 1.54) is 0 Å². The van der Waals surface area contributed by atoms with Crippen molar-refractivity contribution in [2.75, 3.05) is 5.32 Å². The number of thiophene rings is 1. The molecule has 1 aliphatic heterocycles. The molecule has 5 nitrogen and oxygen atoms in total. The van der Waals surface area contributed by atoms with Gasteiger partial charge in [0.15, 0.2) is 4.21 Å². The zero-order valence-corrected chi connectivity index (χ0v) is 12.6. The Morgan fingerprint density at radius 1 is 1.39 bits per heavy atom. The first-order chi connectivity index (χ1) is 8.29. The molecule has 0 fully saturated rings. The van der Waals surface area contributed by atoms with Crippen molar-refractivity contribution in [3.05, 3.63) is 10.4 Å². The third kappa shape index (κ3) is 2.62. The number of nitrogens with zero attached hydrogens (tertiary/aromatic N) is 1. The Balaban J connectivity index is 2.38. The van der Waals surface area contributed by atoms with Gasteiger partial charge >= 0.3 is 0 Å². The minimum atomic E-state index is -3.55. The van der Waals surface area contributed by atoms with Crippen LogP contribution in [0.1, 0.15) is 20.8 Å². The van der Waals surface area contributed by atoms with Crippen molar-refractivity contribution < 1.29 is 8.42 Å². The average molecular weight is 308 g/mol. The first-order valence-electron chi connectivity index (χ1n) is 5.46. The van der Waals surface area contributed by atoms with Gasteiger partial charge in [0, 0.05) is 0 Å². The fourth-order valence-corrected chi connectivity index (χ4v) is 4.11. The maximum Gasteiger partial charge on any atom is 0.275 e. The predicted molar refractivity (Wildman–Crippen MR) is 75.0 cm³/mol. The van der Waals surface area contributed by atoms with Gasteiger partial charge in [0.05, 0.1) is 16.1 Å². The zero-order valence-electron chi connectivity index (χ0n) is 10.2. The minimum absolute atomic E-state index is 0.0193. The predicted octanol–water partition coefficient (Wildman–Crippen LogP) is 2.51. The fraction of sp³-hybridized carbons (Fsp3) is 0.500. The molecule has 0 aromatic carbocycles. The Bertz CT molecular complexity index is 592. The van der Waals surface area contributed by atoms with Crippen molar-refractivity contribution in [2.45, 2.75) is 31.0 Å². The monoisotopic (exact) mass is 307 g/mol. The smallest absolute Gasteiger partial charge is 0.275 e. The molecule has 0 radical (unpaired) electrons. The highest BCUT2D eigenvalue weighted by Crippen LogP contribution is 2.36. The Morgan fingerprint density at radius 2 is 2.06 bits per heavy atom. The molecule has 1 atom stereocenters. The van der Waals surface area contributed by atoms with Gasteiger partial charge in [-0.1, -0.05) is 25.4 Å². The average Bonchev–Trinajstić information content (AvgIpc) is 2.58. The van der Waals surface area contributed by atoms with E-state index in [1.807, 2.05) is 20.8 Å². The van der Waals surface area contributed by atoms with Gasteiger partial charge < -0.3 is 5.32 Å². The van der Waals surface area contributed by atoms with Gasteiger partial charge in [0.1, 0.15) is 0 Å². The molecule has 0 saturated carbocycles. The summed E-state index contributed by atoms with van der Waals surface area (Å²) in [6.07, 6.45) is 0. The van der Waals surface area contributed by atoms with Gasteiger partial charge in [-0.25, -0.2) is 18.1 Å². The second kappa shape index (κ2) is 4.71. The van der Waals surface area contributed by atoms with Crippen molar-refractivity contribution in [3.8, 4) is 0 Å². The molecule has 0 aliphatic carbocycles. The summed E-state index contributed by atoms with van der Waals surface area (Å²) in [5.41, 5.74) is 0.485. The van der Waals surface area contributed by atoms with Crippen molar-refractivity contribution in [2.24, 2.45) is 10.9 Å². The molecule has 2 heterocycles. The van der Waals surface area contributed by atoms with Crippen LogP contribution in [-0.2, 0) is 10.0 Å². The first kappa shape index (κ1) is 13.6. The first-order valence-corrected chi connectivity index (χ1v) is 8.14. The number of aliphatic imine (C=N–C) groups is 1. The second-order valence-electron chi connectivity index (χ2n) is 4.44. The number of hydrogen-bond acceptors (Lipinski definition) is 4. The van der Waals surface area contributed by atoms with E-state index in [2.05, 4.69) is 15.0 Å². The quantitative estimate of drug-likeness (QED) is 0.882. The van der Waals surface area contributed by atoms with Crippen LogP contribution in [0.2, 0.25) is 4.34 Å². The molecule has 0 unspecified atom stereocenters. The lowest BCUT2D eigenvalue weighted by atomic mass is 10.1. The molecule has 2 N–H and O–H groups in total. The van der Waals surface area contributed by atoms with Gasteiger partial charge in [-0.3, -0.25) is 0 Å². The van der Waals surface area contributed by atoms with Crippen molar-refractivity contribution in [3.63, 3.8) is 0 Å². The molecule has 1 aliphatic rings. The Labute approximate surface area is 115 Å². The summed E-state index contributed by atoms with van der Waals surface area (Å²) >= 11 is 6.85. The van der Waals surface area contributed by atoms with Crippen LogP contribution < -0.4 is 10.0 Å². The van der Waals surface area contributed by atoms with E-state index in [0.717, 1.165) is 11.3 Å². The van der Waals surface area contributed by atoms with Crippen LogP contribution in [0.15, 0.2) is 15.3 Å². The standard InChI is InChI=1S/C10H14ClN3O2S2/c1-5(2)6(3)12-10-13-7-4-8(11)17-9(7)18(15,16)14-10/h4-6H,1-3H3,(H2,12,13,14)/t6-/m1/s1. The highest BCUT2D eigenvalue weighted by Gasteiger charge is 2.29. The lowest BCUT2D eigenvalue weighted by Crippen LogP contribution is -2.40. The number of fused-ring (bicyclic) bond motifs is 1. The topological polar surface area (TPSA) is 70.6 Å². The maximum absolute atomic E-state index is 12.0. The van der Waals surface area contributed by atoms with E-state index < -0.39 is 10.0 Å². The van der Waals surface area contributed by atoms with E-state index in [9.17, 15) is 8.42 Å². The summed E-state index contributed by atoms with van der Waals surface area (Å²) in [5, 5.41) is 2.94. The number of nitrogens with one attached hydrogen (secondary N) is 2. The number of guanidine groups is 1. The second-order valence-corrected chi connectivity index (χ2v) is 8.01. The van der Waals surface area contributed by atoms with E-state index in [4.69, 9.17) is 11.6 Å². The number of hydrogen-bond donors (Lipinski definition) is 2. The van der Waals surface area contributed by atoms with Gasteiger partial charge in [-0.2, -0.15) is 0 Å². The summed E-state index contributed by atoms with van der Waals surface area (Å²) in [5.74, 6) is 0.578. The third-order valence-corrected chi connectivity index (χ3v) is 5.83. The summed E-state index contributed by atoms with van der Waals surface area (Å²) < 4.78 is 27.0. The summed E-state index contributed by atoms with van der Waals surface area (Å²) in [6.45, 7) is 5.99. The largest absolute Gasteiger partial charge is 0.324 e. The zero-order chi connectivity index (χ0) is 13.5. The highest BCUT2D eigenvalue weighted by molar-refractivity contribution is 7.92. The van der Waals surface area contributed by atoms with Gasteiger partial charge in [0.25, 0.3) is 10.0 Å². The third-order valence-electron chi connectivity index (χ3n) is 2.69. The number of sulfonamides is 1. The van der Waals surface area contributed by atoms with E-state index >= 15 is 0 Å². The molecular weight excluding hydrogens is 294 g/mol. The van der Waals surface area contributed by atoms with Crippen molar-refractivity contribution >= 4 is 44.6 Å². The normalized spacial score (nSPS) is 21.3. The highest BCUT2D eigenvalue weighted by atomic mass is 35.5. The van der Waals surface area contributed by atoms with Crippen LogP contribution in [0.4, 0.5) is 5.69 Å². The summed E-state index contributed by atoms with van der Waals surface area (Å²) in [4.78, 5) is 4.32. The fourth-order valence-electron chi connectivity index (χ4n) is 1.37. The molecule has 2 rings (SSSR count). The Morgan fingerprint density at radius 3 is 2.67 bits per heavy atom. The molecule has 1 aromatic heterocycles. The lowest BCUT2D eigenvalue weighted by Gasteiger charge is -2.20. The van der Waals surface area contributed by atoms with Crippen molar-refractivity contribution in [1.82, 2.24) is 4.72 Å². The van der Waals surface area contributed by atoms with E-state index in [1.54, 1.807) is 6.07 Å². The molecule has 1 aromatic rings. The lowest BCUT2D eigenvalue weighted by molar-refractivity contribution is 0.529. The number of halogens is 1. The van der Waals surface area contributed by atoms with Crippen LogP contribution >= 0.6 is 22.9 Å². The molecule has 100 valence electrons. The molecule has 0 amide bonds. The van der Waals surface area contributed by atoms with Gasteiger partial charge in [-0.05, 0) is 18.9 Å². The molecule has 0 spiro atoms. The minimum Gasteiger partial charge on any atom is -0.324 e. The van der Waals surface area contributed by atoms with Crippen LogP contribution in [0.3, 0.4) is 0 Å². The van der Waals surface area contributed by atoms with Crippen LogP contribution in [-0.4, -0.2) is 20.4 Å². The molecule has 0 saturated heterocycles. The van der Waals surface area contributed by atoms with Gasteiger partial charge in [-0.15, -0.1) is 11.3 Å². The Hall–Kier alpha value is -0.790. The maximum atomic E-state index is 12.0. The Kier molecular flexibility index (Phi) is 3.57. The van der Waals surface area contributed by atoms with Crippen LogP contribution in [0.5, 0.6) is 0 Å². The number of rotatable bonds is 2. The molecule has 8 heteroatoms. The van der Waals surface area contributed by atoms with Gasteiger partial charge in [0.2, 0.25) is 5.96 Å². The number of anilines is 1. The molecular formula is C10H14ClN3O2S2. The molecule has 0 bridgehead atoms. The van der Waals surface area contributed by atoms with Crippen LogP contribution in [0, 0.1) is 5.92 Å². The van der Waals surface area contributed by atoms with E-state index in [0.29, 0.717) is 15.9 Å². The van der Waals surface area contributed by atoms with Crippen LogP contribution in [0.25, 0.3) is 0 Å². The summed E-state index contributed by atoms with van der Waals surface area (Å²) in [6, 6.07) is 1.61. The summed E-state index contributed by atoms with van der Waals surface area (Å²) in [7, 11) is -3.55. The SMILES string of the molecule is CC(C)[C@@H](C)N=C1Nc2cc(Cl)sc2S(=O)(=O)N1. The van der Waals surface area contributed by atoms with E-state index in [-0.39, 0.29) is 16.2 Å². The molecule has 18 heavy (non-hydrogen) atoms.